The summed E-state index contributed by atoms with van der Waals surface area (Å²) >= 11 is 0. The Morgan fingerprint density at radius 3 is 2.74 bits per heavy atom. The van der Waals surface area contributed by atoms with Crippen LogP contribution >= 0.6 is 0 Å². The van der Waals surface area contributed by atoms with Gasteiger partial charge >= 0.3 is 0 Å². The number of rotatable bonds is 2. The highest BCUT2D eigenvalue weighted by molar-refractivity contribution is 5.96. The molecular formula is C12H10N6O. The number of anilines is 1. The second kappa shape index (κ2) is 4.05. The maximum Gasteiger partial charge on any atom is 0.248 e. The van der Waals surface area contributed by atoms with Crippen LogP contribution in [0.4, 0.5) is 5.82 Å². The molecule has 7 nitrogen and oxygen atoms in total. The van der Waals surface area contributed by atoms with E-state index in [0.717, 1.165) is 11.0 Å². The van der Waals surface area contributed by atoms with Crippen molar-refractivity contribution in [1.29, 1.82) is 0 Å². The smallest absolute Gasteiger partial charge is 0.248 e. The van der Waals surface area contributed by atoms with Crippen LogP contribution in [0.15, 0.2) is 36.9 Å². The number of hydrogen-bond donors (Lipinski definition) is 2. The molecule has 0 saturated carbocycles. The fourth-order valence-corrected chi connectivity index (χ4v) is 1.84. The summed E-state index contributed by atoms with van der Waals surface area (Å²) in [6.07, 6.45) is 2.98. The normalized spacial score (nSPS) is 10.7. The molecule has 0 atom stereocenters. The summed E-state index contributed by atoms with van der Waals surface area (Å²) in [5.74, 6) is 0.450. The molecule has 2 aromatic heterocycles. The fraction of sp³-hybridized carbons (Fsp3) is 0. The number of aromatic nitrogens is 4. The first kappa shape index (κ1) is 11.1. The molecule has 0 fully saturated rings. The third-order valence-corrected chi connectivity index (χ3v) is 2.75. The van der Waals surface area contributed by atoms with Crippen molar-refractivity contribution in [2.45, 2.75) is 0 Å². The van der Waals surface area contributed by atoms with Gasteiger partial charge in [0.25, 0.3) is 0 Å². The van der Waals surface area contributed by atoms with Crippen molar-refractivity contribution < 1.29 is 4.79 Å². The number of carbonyl (C=O) groups is 1. The molecule has 1 amide bonds. The van der Waals surface area contributed by atoms with Crippen molar-refractivity contribution in [1.82, 2.24) is 19.5 Å². The minimum atomic E-state index is -0.489. The van der Waals surface area contributed by atoms with Gasteiger partial charge in [0, 0.05) is 11.6 Å². The number of amides is 1. The summed E-state index contributed by atoms with van der Waals surface area (Å²) < 4.78 is 1.72. The fourth-order valence-electron chi connectivity index (χ4n) is 1.84. The maximum absolute atomic E-state index is 11.2. The molecule has 0 aliphatic carbocycles. The van der Waals surface area contributed by atoms with Crippen LogP contribution in [0.25, 0.3) is 16.9 Å². The van der Waals surface area contributed by atoms with Crippen LogP contribution in [0.1, 0.15) is 10.4 Å². The minimum Gasteiger partial charge on any atom is -0.384 e. The van der Waals surface area contributed by atoms with Gasteiger partial charge < -0.3 is 11.5 Å². The number of primary amides is 1. The topological polar surface area (TPSA) is 113 Å². The Bertz CT molecular complexity index is 779. The van der Waals surface area contributed by atoms with Crippen LogP contribution in [-0.2, 0) is 0 Å². The molecule has 0 aliphatic heterocycles. The van der Waals surface area contributed by atoms with Crippen molar-refractivity contribution >= 4 is 22.8 Å². The van der Waals surface area contributed by atoms with E-state index in [9.17, 15) is 4.79 Å². The Hall–Kier alpha value is -2.96. The standard InChI is InChI=1S/C12H10N6O/c13-10-4-11(16-5-15-10)18-6-17-8-2-1-7(12(14)19)3-9(8)18/h1-6H,(H2,14,19)(H2,13,15,16). The van der Waals surface area contributed by atoms with Crippen LogP contribution in [0, 0.1) is 0 Å². The first-order valence-electron chi connectivity index (χ1n) is 5.50. The van der Waals surface area contributed by atoms with E-state index in [2.05, 4.69) is 15.0 Å². The van der Waals surface area contributed by atoms with Gasteiger partial charge in [-0.25, -0.2) is 15.0 Å². The molecule has 3 rings (SSSR count). The lowest BCUT2D eigenvalue weighted by Crippen LogP contribution is -2.10. The van der Waals surface area contributed by atoms with Crippen LogP contribution in [0.3, 0.4) is 0 Å². The minimum absolute atomic E-state index is 0.359. The van der Waals surface area contributed by atoms with Gasteiger partial charge in [0.15, 0.2) is 0 Å². The summed E-state index contributed by atoms with van der Waals surface area (Å²) in [5, 5.41) is 0. The van der Waals surface area contributed by atoms with Crippen LogP contribution in [-0.4, -0.2) is 25.4 Å². The highest BCUT2D eigenvalue weighted by Crippen LogP contribution is 2.18. The highest BCUT2D eigenvalue weighted by atomic mass is 16.1. The SMILES string of the molecule is NC(=O)c1ccc2ncn(-c3cc(N)ncn3)c2c1. The van der Waals surface area contributed by atoms with Gasteiger partial charge in [-0.05, 0) is 18.2 Å². The number of fused-ring (bicyclic) bond motifs is 1. The van der Waals surface area contributed by atoms with E-state index in [1.165, 1.54) is 6.33 Å². The molecule has 0 unspecified atom stereocenters. The molecule has 0 bridgehead atoms. The zero-order valence-corrected chi connectivity index (χ0v) is 9.82. The van der Waals surface area contributed by atoms with E-state index in [1.807, 2.05) is 0 Å². The van der Waals surface area contributed by atoms with Crippen molar-refractivity contribution in [2.24, 2.45) is 5.73 Å². The highest BCUT2D eigenvalue weighted by Gasteiger charge is 2.09. The van der Waals surface area contributed by atoms with Crippen molar-refractivity contribution in [3.63, 3.8) is 0 Å². The van der Waals surface area contributed by atoms with Crippen LogP contribution in [0.5, 0.6) is 0 Å². The van der Waals surface area contributed by atoms with Crippen molar-refractivity contribution in [3.8, 4) is 5.82 Å². The second-order valence-electron chi connectivity index (χ2n) is 3.98. The van der Waals surface area contributed by atoms with Gasteiger partial charge in [0.1, 0.15) is 24.3 Å². The third kappa shape index (κ3) is 1.86. The molecule has 0 saturated heterocycles. The third-order valence-electron chi connectivity index (χ3n) is 2.75. The average Bonchev–Trinajstić information content (AvgIpc) is 2.81. The molecule has 7 heteroatoms. The Morgan fingerprint density at radius 2 is 2.00 bits per heavy atom. The van der Waals surface area contributed by atoms with Crippen molar-refractivity contribution in [3.05, 3.63) is 42.5 Å². The van der Waals surface area contributed by atoms with E-state index >= 15 is 0 Å². The summed E-state index contributed by atoms with van der Waals surface area (Å²) in [5.41, 5.74) is 12.8. The monoisotopic (exact) mass is 254 g/mol. The summed E-state index contributed by atoms with van der Waals surface area (Å²) in [7, 11) is 0. The van der Waals surface area contributed by atoms with E-state index < -0.39 is 5.91 Å². The van der Waals surface area contributed by atoms with E-state index in [0.29, 0.717) is 17.2 Å². The van der Waals surface area contributed by atoms with Gasteiger partial charge in [0.2, 0.25) is 5.91 Å². The number of nitrogens with zero attached hydrogens (tertiary/aromatic N) is 4. The first-order valence-corrected chi connectivity index (χ1v) is 5.50. The molecule has 94 valence electrons. The number of nitrogens with two attached hydrogens (primary N) is 2. The number of benzene rings is 1. The quantitative estimate of drug-likeness (QED) is 0.691. The average molecular weight is 254 g/mol. The van der Waals surface area contributed by atoms with Gasteiger partial charge in [0.05, 0.1) is 11.0 Å². The Morgan fingerprint density at radius 1 is 1.16 bits per heavy atom. The lowest BCUT2D eigenvalue weighted by molar-refractivity contribution is 0.100. The number of imidazole rings is 1. The van der Waals surface area contributed by atoms with E-state index in [4.69, 9.17) is 11.5 Å². The Labute approximate surface area is 107 Å². The van der Waals surface area contributed by atoms with Gasteiger partial charge in [-0.15, -0.1) is 0 Å². The van der Waals surface area contributed by atoms with Gasteiger partial charge in [-0.1, -0.05) is 0 Å². The molecule has 3 aromatic rings. The molecule has 0 spiro atoms. The molecule has 2 heterocycles. The second-order valence-corrected chi connectivity index (χ2v) is 3.98. The summed E-state index contributed by atoms with van der Waals surface area (Å²) in [6, 6.07) is 6.66. The molecule has 0 radical (unpaired) electrons. The zero-order valence-electron chi connectivity index (χ0n) is 9.82. The zero-order chi connectivity index (χ0) is 13.4. The first-order chi connectivity index (χ1) is 9.15. The molecule has 1 aromatic carbocycles. The Balaban J connectivity index is 2.24. The lowest BCUT2D eigenvalue weighted by Gasteiger charge is -2.04. The van der Waals surface area contributed by atoms with Crippen molar-refractivity contribution in [2.75, 3.05) is 5.73 Å². The number of hydrogen-bond acceptors (Lipinski definition) is 5. The molecule has 4 N–H and O–H groups in total. The molecular weight excluding hydrogens is 244 g/mol. The van der Waals surface area contributed by atoms with Crippen LogP contribution in [0.2, 0.25) is 0 Å². The molecule has 19 heavy (non-hydrogen) atoms. The predicted octanol–water partition coefficient (Wildman–Crippen LogP) is 0.497. The number of nitrogen functional groups attached to an aromatic ring is 1. The van der Waals surface area contributed by atoms with Crippen LogP contribution < -0.4 is 11.5 Å². The van der Waals surface area contributed by atoms with Gasteiger partial charge in [-0.3, -0.25) is 9.36 Å². The summed E-state index contributed by atoms with van der Waals surface area (Å²) in [4.78, 5) is 23.4. The lowest BCUT2D eigenvalue weighted by atomic mass is 10.2. The predicted molar refractivity (Wildman–Crippen MR) is 69.6 cm³/mol. The largest absolute Gasteiger partial charge is 0.384 e. The van der Waals surface area contributed by atoms with E-state index in [1.54, 1.807) is 35.2 Å². The maximum atomic E-state index is 11.2. The van der Waals surface area contributed by atoms with Gasteiger partial charge in [-0.2, -0.15) is 0 Å². The number of carbonyl (C=O) groups excluding carboxylic acids is 1. The van der Waals surface area contributed by atoms with E-state index in [-0.39, 0.29) is 0 Å². The molecule has 0 aliphatic rings. The summed E-state index contributed by atoms with van der Waals surface area (Å²) in [6.45, 7) is 0. The Kier molecular flexibility index (Phi) is 2.38.